The molecule has 7 nitrogen and oxygen atoms in total. The summed E-state index contributed by atoms with van der Waals surface area (Å²) < 4.78 is 10.9. The molecular weight excluding hydrogens is 450 g/mol. The van der Waals surface area contributed by atoms with Crippen molar-refractivity contribution < 1.29 is 13.9 Å². The molecule has 0 saturated heterocycles. The van der Waals surface area contributed by atoms with Crippen LogP contribution in [0.4, 0.5) is 0 Å². The second kappa shape index (κ2) is 9.36. The average Bonchev–Trinajstić information content (AvgIpc) is 3.32. The van der Waals surface area contributed by atoms with E-state index in [4.69, 9.17) is 14.1 Å². The molecule has 0 amide bonds. The van der Waals surface area contributed by atoms with Crippen LogP contribution in [-0.4, -0.2) is 28.0 Å². The summed E-state index contributed by atoms with van der Waals surface area (Å²) >= 11 is 1.33. The molecule has 0 aliphatic carbocycles. The first kappa shape index (κ1) is 21.7. The second-order valence-electron chi connectivity index (χ2n) is 7.41. The third-order valence-corrected chi connectivity index (χ3v) is 6.04. The van der Waals surface area contributed by atoms with E-state index in [1.54, 1.807) is 18.2 Å². The fraction of sp³-hybridized carbons (Fsp3) is 0.0769. The van der Waals surface area contributed by atoms with Crippen molar-refractivity contribution in [2.45, 2.75) is 11.0 Å². The van der Waals surface area contributed by atoms with Crippen LogP contribution < -0.4 is 5.56 Å². The summed E-state index contributed by atoms with van der Waals surface area (Å²) in [4.78, 5) is 36.4. The number of aromatic amines is 1. The molecule has 0 spiro atoms. The fourth-order valence-corrected chi connectivity index (χ4v) is 4.27. The Hall–Kier alpha value is -4.17. The number of nitrogens with one attached hydrogen (secondary N) is 1. The van der Waals surface area contributed by atoms with Crippen LogP contribution in [0.25, 0.3) is 33.5 Å². The molecule has 8 heteroatoms. The van der Waals surface area contributed by atoms with E-state index in [1.165, 1.54) is 18.9 Å². The van der Waals surface area contributed by atoms with Crippen molar-refractivity contribution >= 4 is 28.6 Å². The molecular formula is C26H19N3O4S. The number of hydrogen-bond acceptors (Lipinski definition) is 7. The van der Waals surface area contributed by atoms with Crippen molar-refractivity contribution in [1.82, 2.24) is 15.0 Å². The monoisotopic (exact) mass is 469 g/mol. The molecule has 5 aromatic rings. The Bertz CT molecular complexity index is 1470. The van der Waals surface area contributed by atoms with E-state index in [0.29, 0.717) is 39.0 Å². The van der Waals surface area contributed by atoms with E-state index in [9.17, 15) is 9.59 Å². The van der Waals surface area contributed by atoms with E-state index in [2.05, 4.69) is 9.97 Å². The number of carbonyl (C=O) groups excluding carboxylic acids is 1. The maximum atomic E-state index is 12.5. The summed E-state index contributed by atoms with van der Waals surface area (Å²) in [6, 6.07) is 24.3. The Balaban J connectivity index is 1.46. The molecule has 0 atom stereocenters. The van der Waals surface area contributed by atoms with Gasteiger partial charge in [-0.2, -0.15) is 0 Å². The van der Waals surface area contributed by atoms with Gasteiger partial charge in [-0.25, -0.2) is 14.8 Å². The highest BCUT2D eigenvalue weighted by molar-refractivity contribution is 7.98. The predicted molar refractivity (Wildman–Crippen MR) is 131 cm³/mol. The third-order valence-electron chi connectivity index (χ3n) is 5.20. The number of aromatic nitrogens is 3. The van der Waals surface area contributed by atoms with Gasteiger partial charge < -0.3 is 14.1 Å². The van der Waals surface area contributed by atoms with Crippen LogP contribution in [0.15, 0.2) is 93.3 Å². The van der Waals surface area contributed by atoms with Crippen LogP contribution in [0.1, 0.15) is 16.2 Å². The van der Waals surface area contributed by atoms with Crippen molar-refractivity contribution in [3.8, 4) is 22.6 Å². The lowest BCUT2D eigenvalue weighted by atomic mass is 10.1. The standard InChI is InChI=1S/C26H19N3O4S/c1-32-25(31)18-12-13-19-20(14-18)27-21(28-24(19)30)15-34-26-29-22(16-8-4-2-5-9-16)23(33-26)17-10-6-3-7-11-17/h2-14H,15H2,1H3,(H,27,28,30). The number of hydrogen-bond donors (Lipinski definition) is 1. The maximum absolute atomic E-state index is 12.5. The first-order valence-electron chi connectivity index (χ1n) is 10.5. The molecule has 0 fully saturated rings. The molecule has 0 unspecified atom stereocenters. The molecule has 5 rings (SSSR count). The van der Waals surface area contributed by atoms with Crippen LogP contribution in [0.2, 0.25) is 0 Å². The largest absolute Gasteiger partial charge is 0.465 e. The molecule has 0 radical (unpaired) electrons. The average molecular weight is 470 g/mol. The second-order valence-corrected chi connectivity index (χ2v) is 8.34. The summed E-state index contributed by atoms with van der Waals surface area (Å²) in [6.07, 6.45) is 0. The van der Waals surface area contributed by atoms with Crippen LogP contribution in [0, 0.1) is 0 Å². The zero-order valence-corrected chi connectivity index (χ0v) is 19.0. The van der Waals surface area contributed by atoms with Gasteiger partial charge in [0.1, 0.15) is 11.5 Å². The van der Waals surface area contributed by atoms with E-state index < -0.39 is 5.97 Å². The van der Waals surface area contributed by atoms with Gasteiger partial charge in [-0.1, -0.05) is 72.4 Å². The smallest absolute Gasteiger partial charge is 0.337 e. The van der Waals surface area contributed by atoms with Crippen LogP contribution >= 0.6 is 11.8 Å². The molecule has 1 N–H and O–H groups in total. The minimum absolute atomic E-state index is 0.278. The fourth-order valence-electron chi connectivity index (χ4n) is 3.57. The lowest BCUT2D eigenvalue weighted by Crippen LogP contribution is -2.12. The van der Waals surface area contributed by atoms with Crippen LogP contribution in [0.3, 0.4) is 0 Å². The Morgan fingerprint density at radius 2 is 1.68 bits per heavy atom. The lowest BCUT2D eigenvalue weighted by molar-refractivity contribution is 0.0601. The van der Waals surface area contributed by atoms with E-state index in [-0.39, 0.29) is 5.56 Å². The van der Waals surface area contributed by atoms with Gasteiger partial charge in [-0.15, -0.1) is 0 Å². The lowest BCUT2D eigenvalue weighted by Gasteiger charge is -2.04. The highest BCUT2D eigenvalue weighted by Crippen LogP contribution is 2.36. The van der Waals surface area contributed by atoms with Crippen LogP contribution in [0.5, 0.6) is 0 Å². The quantitative estimate of drug-likeness (QED) is 0.265. The number of methoxy groups -OCH3 is 1. The Kier molecular flexibility index (Phi) is 5.97. The van der Waals surface area contributed by atoms with Gasteiger partial charge in [0.05, 0.1) is 29.3 Å². The summed E-state index contributed by atoms with van der Waals surface area (Å²) in [6.45, 7) is 0. The number of rotatable bonds is 6. The van der Waals surface area contributed by atoms with E-state index >= 15 is 0 Å². The molecule has 0 saturated carbocycles. The minimum Gasteiger partial charge on any atom is -0.465 e. The van der Waals surface area contributed by atoms with Crippen molar-refractivity contribution in [3.63, 3.8) is 0 Å². The van der Waals surface area contributed by atoms with Gasteiger partial charge in [-0.3, -0.25) is 4.79 Å². The molecule has 2 heterocycles. The highest BCUT2D eigenvalue weighted by Gasteiger charge is 2.18. The van der Waals surface area contributed by atoms with Crippen molar-refractivity contribution in [3.05, 3.63) is 101 Å². The molecule has 3 aromatic carbocycles. The van der Waals surface area contributed by atoms with Gasteiger partial charge in [0.15, 0.2) is 5.76 Å². The highest BCUT2D eigenvalue weighted by atomic mass is 32.2. The summed E-state index contributed by atoms with van der Waals surface area (Å²) in [5.41, 5.74) is 3.10. The summed E-state index contributed by atoms with van der Waals surface area (Å²) in [5.74, 6) is 0.972. The topological polar surface area (TPSA) is 98.1 Å². The Morgan fingerprint density at radius 1 is 0.971 bits per heavy atom. The normalized spacial score (nSPS) is 11.0. The SMILES string of the molecule is COC(=O)c1ccc2c(=O)[nH]c(CSc3nc(-c4ccccc4)c(-c4ccccc4)o3)nc2c1. The van der Waals surface area contributed by atoms with Crippen LogP contribution in [-0.2, 0) is 10.5 Å². The van der Waals surface area contributed by atoms with E-state index in [1.807, 2.05) is 60.7 Å². The van der Waals surface area contributed by atoms with Gasteiger partial charge in [0.2, 0.25) is 0 Å². The molecule has 0 aliphatic heterocycles. The number of fused-ring (bicyclic) bond motifs is 1. The predicted octanol–water partition coefficient (Wildman–Crippen LogP) is 5.32. The molecule has 168 valence electrons. The maximum Gasteiger partial charge on any atom is 0.337 e. The van der Waals surface area contributed by atoms with Gasteiger partial charge in [0, 0.05) is 11.1 Å². The number of carbonyl (C=O) groups is 1. The number of oxazole rings is 1. The number of H-pyrrole nitrogens is 1. The Morgan fingerprint density at radius 3 is 2.38 bits per heavy atom. The number of thioether (sulfide) groups is 1. The summed E-state index contributed by atoms with van der Waals surface area (Å²) in [7, 11) is 1.31. The third kappa shape index (κ3) is 4.35. The number of nitrogens with zero attached hydrogens (tertiary/aromatic N) is 2. The van der Waals surface area contributed by atoms with Gasteiger partial charge >= 0.3 is 5.97 Å². The molecule has 0 aliphatic rings. The zero-order valence-electron chi connectivity index (χ0n) is 18.1. The van der Waals surface area contributed by atoms with Crippen molar-refractivity contribution in [2.75, 3.05) is 7.11 Å². The molecule has 34 heavy (non-hydrogen) atoms. The van der Waals surface area contributed by atoms with Crippen molar-refractivity contribution in [1.29, 1.82) is 0 Å². The first-order valence-corrected chi connectivity index (χ1v) is 11.5. The zero-order chi connectivity index (χ0) is 23.5. The van der Waals surface area contributed by atoms with Gasteiger partial charge in [0.25, 0.3) is 10.8 Å². The summed E-state index contributed by atoms with van der Waals surface area (Å²) in [5, 5.41) is 0.860. The Labute approximate surface area is 198 Å². The molecule has 0 bridgehead atoms. The molecule has 2 aromatic heterocycles. The van der Waals surface area contributed by atoms with E-state index in [0.717, 1.165) is 16.8 Å². The number of benzene rings is 3. The minimum atomic E-state index is -0.485. The number of ether oxygens (including phenoxy) is 1. The number of esters is 1. The first-order chi connectivity index (χ1) is 16.6. The van der Waals surface area contributed by atoms with Gasteiger partial charge in [-0.05, 0) is 18.2 Å². The van der Waals surface area contributed by atoms with Crippen molar-refractivity contribution in [2.24, 2.45) is 0 Å².